The lowest BCUT2D eigenvalue weighted by Gasteiger charge is -2.21. The summed E-state index contributed by atoms with van der Waals surface area (Å²) in [6.45, 7) is 3.78. The van der Waals surface area contributed by atoms with E-state index in [0.29, 0.717) is 0 Å². The predicted octanol–water partition coefficient (Wildman–Crippen LogP) is 2.72. The quantitative estimate of drug-likeness (QED) is 0.914. The maximum Gasteiger partial charge on any atom is 0.320 e. The first-order chi connectivity index (χ1) is 8.20. The number of nitrogens with zero attached hydrogens (tertiary/aromatic N) is 1. The zero-order valence-corrected chi connectivity index (χ0v) is 11.4. The van der Waals surface area contributed by atoms with E-state index in [1.165, 1.54) is 11.1 Å². The molecule has 0 amide bonds. The van der Waals surface area contributed by atoms with E-state index in [-0.39, 0.29) is 18.4 Å². The number of rotatable bonds is 4. The van der Waals surface area contributed by atoms with Crippen molar-refractivity contribution in [2.24, 2.45) is 0 Å². The van der Waals surface area contributed by atoms with Crippen molar-refractivity contribution in [3.8, 4) is 0 Å². The predicted molar refractivity (Wildman–Crippen MR) is 74.1 cm³/mol. The van der Waals surface area contributed by atoms with Gasteiger partial charge in [0.15, 0.2) is 0 Å². The molecule has 1 aliphatic heterocycles. The Morgan fingerprint density at radius 1 is 1.33 bits per heavy atom. The monoisotopic (exact) mass is 269 g/mol. The normalized spacial score (nSPS) is 19.5. The van der Waals surface area contributed by atoms with Crippen LogP contribution in [0.5, 0.6) is 0 Å². The Labute approximate surface area is 114 Å². The lowest BCUT2D eigenvalue weighted by Crippen LogP contribution is -2.35. The molecule has 0 spiro atoms. The molecular formula is C14H20ClNO2. The second kappa shape index (κ2) is 6.76. The molecule has 100 valence electrons. The molecule has 1 aromatic rings. The van der Waals surface area contributed by atoms with Crippen LogP contribution in [0.4, 0.5) is 0 Å². The van der Waals surface area contributed by atoms with Gasteiger partial charge in [0.05, 0.1) is 0 Å². The fraction of sp³-hybridized carbons (Fsp3) is 0.500. The second-order valence-electron chi connectivity index (χ2n) is 4.64. The number of halogens is 1. The third-order valence-electron chi connectivity index (χ3n) is 3.47. The van der Waals surface area contributed by atoms with Crippen LogP contribution in [0.25, 0.3) is 0 Å². The molecule has 1 aliphatic rings. The summed E-state index contributed by atoms with van der Waals surface area (Å²) in [5, 5.41) is 9.10. The minimum absolute atomic E-state index is 0. The van der Waals surface area contributed by atoms with Crippen LogP contribution in [0.15, 0.2) is 24.3 Å². The third kappa shape index (κ3) is 3.47. The maximum atomic E-state index is 11.1. The first-order valence-electron chi connectivity index (χ1n) is 6.25. The van der Waals surface area contributed by atoms with Gasteiger partial charge in [0.1, 0.15) is 6.04 Å². The summed E-state index contributed by atoms with van der Waals surface area (Å²) in [5.41, 5.74) is 2.53. The van der Waals surface area contributed by atoms with Crippen molar-refractivity contribution in [2.45, 2.75) is 38.8 Å². The molecule has 1 heterocycles. The first-order valence-corrected chi connectivity index (χ1v) is 6.25. The number of benzene rings is 1. The molecule has 0 bridgehead atoms. The Morgan fingerprint density at radius 2 is 1.94 bits per heavy atom. The number of aliphatic carboxylic acids is 1. The lowest BCUT2D eigenvalue weighted by atomic mass is 10.1. The highest BCUT2D eigenvalue weighted by atomic mass is 35.5. The number of likely N-dealkylation sites (tertiary alicyclic amines) is 1. The van der Waals surface area contributed by atoms with Crippen LogP contribution in [0, 0.1) is 0 Å². The number of hydrogen-bond donors (Lipinski definition) is 1. The number of carbonyl (C=O) groups is 1. The van der Waals surface area contributed by atoms with Gasteiger partial charge < -0.3 is 5.11 Å². The van der Waals surface area contributed by atoms with Crippen LogP contribution in [0.1, 0.15) is 30.9 Å². The lowest BCUT2D eigenvalue weighted by molar-refractivity contribution is -0.142. The van der Waals surface area contributed by atoms with Gasteiger partial charge in [-0.05, 0) is 36.9 Å². The summed E-state index contributed by atoms with van der Waals surface area (Å²) < 4.78 is 0. The summed E-state index contributed by atoms with van der Waals surface area (Å²) in [4.78, 5) is 13.1. The fourth-order valence-electron chi connectivity index (χ4n) is 2.41. The van der Waals surface area contributed by atoms with Crippen molar-refractivity contribution in [3.63, 3.8) is 0 Å². The molecule has 0 unspecified atom stereocenters. The van der Waals surface area contributed by atoms with Gasteiger partial charge in [-0.2, -0.15) is 0 Å². The smallest absolute Gasteiger partial charge is 0.320 e. The zero-order valence-electron chi connectivity index (χ0n) is 10.6. The minimum atomic E-state index is -0.687. The molecule has 2 rings (SSSR count). The molecule has 0 aliphatic carbocycles. The highest BCUT2D eigenvalue weighted by molar-refractivity contribution is 5.85. The Hall–Kier alpha value is -1.06. The van der Waals surface area contributed by atoms with Crippen molar-refractivity contribution in [1.29, 1.82) is 0 Å². The van der Waals surface area contributed by atoms with E-state index in [2.05, 4.69) is 36.1 Å². The third-order valence-corrected chi connectivity index (χ3v) is 3.47. The molecule has 1 saturated heterocycles. The van der Waals surface area contributed by atoms with E-state index in [1.54, 1.807) is 0 Å². The zero-order chi connectivity index (χ0) is 12.3. The Morgan fingerprint density at radius 3 is 2.50 bits per heavy atom. The molecule has 0 saturated carbocycles. The van der Waals surface area contributed by atoms with Gasteiger partial charge in [0.25, 0.3) is 0 Å². The van der Waals surface area contributed by atoms with E-state index in [4.69, 9.17) is 5.11 Å². The Kier molecular flexibility index (Phi) is 5.63. The van der Waals surface area contributed by atoms with Gasteiger partial charge in [0, 0.05) is 6.54 Å². The van der Waals surface area contributed by atoms with Crippen LogP contribution in [0.3, 0.4) is 0 Å². The summed E-state index contributed by atoms with van der Waals surface area (Å²) >= 11 is 0. The first kappa shape index (κ1) is 15.0. The standard InChI is InChI=1S/C14H19NO2.ClH/c1-2-11-5-7-12(8-6-11)10-15-9-3-4-13(15)14(16)17;/h5-8,13H,2-4,9-10H2,1H3,(H,16,17);1H/t13-;/m1./s1. The van der Waals surface area contributed by atoms with Crippen molar-refractivity contribution >= 4 is 18.4 Å². The van der Waals surface area contributed by atoms with E-state index in [0.717, 1.165) is 32.4 Å². The van der Waals surface area contributed by atoms with Crippen molar-refractivity contribution in [1.82, 2.24) is 4.90 Å². The van der Waals surface area contributed by atoms with E-state index in [1.807, 2.05) is 0 Å². The Balaban J connectivity index is 0.00000162. The van der Waals surface area contributed by atoms with Crippen LogP contribution in [-0.4, -0.2) is 28.6 Å². The second-order valence-corrected chi connectivity index (χ2v) is 4.64. The number of carboxylic acids is 1. The average molecular weight is 270 g/mol. The fourth-order valence-corrected chi connectivity index (χ4v) is 2.41. The van der Waals surface area contributed by atoms with Crippen molar-refractivity contribution < 1.29 is 9.90 Å². The van der Waals surface area contributed by atoms with Crippen LogP contribution in [-0.2, 0) is 17.8 Å². The average Bonchev–Trinajstić information content (AvgIpc) is 2.78. The molecule has 1 fully saturated rings. The number of carboxylic acid groups (broad SMARTS) is 1. The molecule has 1 atom stereocenters. The number of hydrogen-bond acceptors (Lipinski definition) is 2. The van der Waals surface area contributed by atoms with Crippen LogP contribution >= 0.6 is 12.4 Å². The number of aryl methyl sites for hydroxylation is 1. The summed E-state index contributed by atoms with van der Waals surface area (Å²) in [7, 11) is 0. The van der Waals surface area contributed by atoms with Gasteiger partial charge in [-0.25, -0.2) is 0 Å². The van der Waals surface area contributed by atoms with E-state index in [9.17, 15) is 4.79 Å². The Bertz CT molecular complexity index is 391. The molecule has 0 aromatic heterocycles. The van der Waals surface area contributed by atoms with Crippen molar-refractivity contribution in [3.05, 3.63) is 35.4 Å². The van der Waals surface area contributed by atoms with Gasteiger partial charge in [-0.3, -0.25) is 9.69 Å². The van der Waals surface area contributed by atoms with Gasteiger partial charge in [-0.15, -0.1) is 12.4 Å². The maximum absolute atomic E-state index is 11.1. The van der Waals surface area contributed by atoms with Gasteiger partial charge >= 0.3 is 5.97 Å². The minimum Gasteiger partial charge on any atom is -0.480 e. The molecule has 4 heteroatoms. The van der Waals surface area contributed by atoms with Crippen molar-refractivity contribution in [2.75, 3.05) is 6.54 Å². The summed E-state index contributed by atoms with van der Waals surface area (Å²) in [5.74, 6) is -0.687. The molecule has 18 heavy (non-hydrogen) atoms. The highest BCUT2D eigenvalue weighted by Gasteiger charge is 2.30. The van der Waals surface area contributed by atoms with E-state index < -0.39 is 5.97 Å². The van der Waals surface area contributed by atoms with Crippen LogP contribution in [0.2, 0.25) is 0 Å². The topological polar surface area (TPSA) is 40.5 Å². The highest BCUT2D eigenvalue weighted by Crippen LogP contribution is 2.20. The van der Waals surface area contributed by atoms with Crippen LogP contribution < -0.4 is 0 Å². The summed E-state index contributed by atoms with van der Waals surface area (Å²) in [6, 6.07) is 8.18. The van der Waals surface area contributed by atoms with Gasteiger partial charge in [-0.1, -0.05) is 31.2 Å². The molecule has 0 radical (unpaired) electrons. The van der Waals surface area contributed by atoms with E-state index >= 15 is 0 Å². The van der Waals surface area contributed by atoms with Gasteiger partial charge in [0.2, 0.25) is 0 Å². The molecule has 3 nitrogen and oxygen atoms in total. The summed E-state index contributed by atoms with van der Waals surface area (Å²) in [6.07, 6.45) is 2.81. The molecule has 1 N–H and O–H groups in total. The molecular weight excluding hydrogens is 250 g/mol. The molecule has 1 aromatic carbocycles. The largest absolute Gasteiger partial charge is 0.480 e. The SMILES string of the molecule is CCc1ccc(CN2CCC[C@@H]2C(=O)O)cc1.Cl.